The summed E-state index contributed by atoms with van der Waals surface area (Å²) in [6, 6.07) is -2.61. The fraction of sp³-hybridized carbons (Fsp3) is 0.769. The Kier molecular flexibility index (Phi) is 8.64. The van der Waals surface area contributed by atoms with Crippen LogP contribution in [0.2, 0.25) is 0 Å². The summed E-state index contributed by atoms with van der Waals surface area (Å²) >= 11 is 0. The average Bonchev–Trinajstić information content (AvgIpc) is 3.59. The Hall–Kier alpha value is -2.98. The Morgan fingerprint density at radius 3 is 2.11 bits per heavy atom. The first-order valence-corrected chi connectivity index (χ1v) is 13.2. The lowest BCUT2D eigenvalue weighted by Gasteiger charge is -2.37. The third kappa shape index (κ3) is 6.87. The Morgan fingerprint density at radius 1 is 0.973 bits per heavy atom. The van der Waals surface area contributed by atoms with Crippen LogP contribution in [0.15, 0.2) is 0 Å². The van der Waals surface area contributed by atoms with Gasteiger partial charge in [0.05, 0.1) is 6.54 Å². The van der Waals surface area contributed by atoms with E-state index in [4.69, 9.17) is 5.73 Å². The molecule has 37 heavy (non-hydrogen) atoms. The molecule has 1 aliphatic heterocycles. The van der Waals surface area contributed by atoms with Crippen molar-refractivity contribution in [3.63, 3.8) is 0 Å². The van der Waals surface area contributed by atoms with E-state index in [-0.39, 0.29) is 47.8 Å². The van der Waals surface area contributed by atoms with Crippen molar-refractivity contribution < 1.29 is 28.8 Å². The molecule has 5 amide bonds. The standard InChI is InChI=1S/C26H41N5O6/c1-13(2)17(10-18(32)14-6-7-14)29-25(37)30-21(26(3,4)5)24(36)31-12-15-8-9-16(15)20(31)23(35)28-11-19(33)22(27)34/h13-17,20-21H,6-12H2,1-5H3,(H2,27,34)(H,28,35)(H2,29,30,37)/t15-,16?,17+,20?,21+/m0/s1. The molecule has 0 bridgehead atoms. The van der Waals surface area contributed by atoms with Crippen molar-refractivity contribution in [2.75, 3.05) is 13.1 Å². The molecule has 1 saturated heterocycles. The number of fused-ring (bicyclic) bond motifs is 1. The summed E-state index contributed by atoms with van der Waals surface area (Å²) < 4.78 is 0. The lowest BCUT2D eigenvalue weighted by atomic mass is 9.73. The van der Waals surface area contributed by atoms with Crippen LogP contribution in [0.3, 0.4) is 0 Å². The van der Waals surface area contributed by atoms with Gasteiger partial charge in [-0.15, -0.1) is 0 Å². The number of carbonyl (C=O) groups is 6. The molecular formula is C26H41N5O6. The zero-order chi connectivity index (χ0) is 27.7. The predicted molar refractivity (Wildman–Crippen MR) is 135 cm³/mol. The lowest BCUT2D eigenvalue weighted by Crippen LogP contribution is -2.60. The molecule has 11 nitrogen and oxygen atoms in total. The van der Waals surface area contributed by atoms with E-state index in [1.54, 1.807) is 0 Å². The highest BCUT2D eigenvalue weighted by atomic mass is 16.2. The van der Waals surface area contributed by atoms with Crippen molar-refractivity contribution in [1.82, 2.24) is 20.9 Å². The van der Waals surface area contributed by atoms with Gasteiger partial charge in [0.15, 0.2) is 0 Å². The molecule has 0 aromatic heterocycles. The number of amides is 5. The van der Waals surface area contributed by atoms with E-state index in [1.165, 1.54) is 4.90 Å². The first-order chi connectivity index (χ1) is 17.2. The number of nitrogens with zero attached hydrogens (tertiary/aromatic N) is 1. The Labute approximate surface area is 218 Å². The third-order valence-corrected chi connectivity index (χ3v) is 7.86. The van der Waals surface area contributed by atoms with Crippen molar-refractivity contribution in [1.29, 1.82) is 0 Å². The van der Waals surface area contributed by atoms with Gasteiger partial charge in [0, 0.05) is 24.9 Å². The maximum Gasteiger partial charge on any atom is 0.315 e. The number of ketones is 2. The highest BCUT2D eigenvalue weighted by Gasteiger charge is 2.53. The Morgan fingerprint density at radius 2 is 1.62 bits per heavy atom. The van der Waals surface area contributed by atoms with Gasteiger partial charge >= 0.3 is 6.03 Å². The monoisotopic (exact) mass is 519 g/mol. The van der Waals surface area contributed by atoms with Gasteiger partial charge in [-0.25, -0.2) is 4.79 Å². The minimum Gasteiger partial charge on any atom is -0.363 e. The van der Waals surface area contributed by atoms with E-state index in [0.717, 1.165) is 25.7 Å². The number of nitrogens with one attached hydrogen (secondary N) is 3. The summed E-state index contributed by atoms with van der Waals surface area (Å²) in [7, 11) is 0. The van der Waals surface area contributed by atoms with Gasteiger partial charge in [0.1, 0.15) is 17.9 Å². The molecule has 0 aromatic carbocycles. The average molecular weight is 520 g/mol. The summed E-state index contributed by atoms with van der Waals surface area (Å²) in [5, 5.41) is 8.15. The molecule has 11 heteroatoms. The number of carbonyl (C=O) groups excluding carboxylic acids is 6. The SMILES string of the molecule is CC(C)[C@@H](CC(=O)C1CC1)NC(=O)N[C@H](C(=O)N1C[C@@H]2CCC2C1C(=O)NCC(=O)C(N)=O)C(C)(C)C. The lowest BCUT2D eigenvalue weighted by molar-refractivity contribution is -0.143. The smallest absolute Gasteiger partial charge is 0.315 e. The van der Waals surface area contributed by atoms with Crippen molar-refractivity contribution in [3.05, 3.63) is 0 Å². The molecule has 2 saturated carbocycles. The van der Waals surface area contributed by atoms with Crippen LogP contribution in [0.5, 0.6) is 0 Å². The molecule has 1 heterocycles. The Bertz CT molecular complexity index is 954. The van der Waals surface area contributed by atoms with Crippen LogP contribution < -0.4 is 21.7 Å². The predicted octanol–water partition coefficient (Wildman–Crippen LogP) is 0.502. The van der Waals surface area contributed by atoms with Gasteiger partial charge < -0.3 is 26.6 Å². The zero-order valence-corrected chi connectivity index (χ0v) is 22.5. The fourth-order valence-electron chi connectivity index (χ4n) is 5.15. The molecule has 3 aliphatic rings. The molecule has 5 N–H and O–H groups in total. The second-order valence-corrected chi connectivity index (χ2v) is 12.2. The van der Waals surface area contributed by atoms with Gasteiger partial charge in [0.25, 0.3) is 5.91 Å². The molecule has 0 radical (unpaired) electrons. The van der Waals surface area contributed by atoms with Gasteiger partial charge in [-0.3, -0.25) is 24.0 Å². The number of urea groups is 1. The van der Waals surface area contributed by atoms with Gasteiger partial charge in [0.2, 0.25) is 17.6 Å². The van der Waals surface area contributed by atoms with Crippen molar-refractivity contribution in [2.45, 2.75) is 84.8 Å². The van der Waals surface area contributed by atoms with E-state index in [1.807, 2.05) is 34.6 Å². The maximum absolute atomic E-state index is 13.8. The molecule has 206 valence electrons. The largest absolute Gasteiger partial charge is 0.363 e. The van der Waals surface area contributed by atoms with E-state index in [9.17, 15) is 28.8 Å². The zero-order valence-electron chi connectivity index (χ0n) is 22.5. The van der Waals surface area contributed by atoms with Crippen LogP contribution in [0, 0.1) is 29.1 Å². The number of primary amides is 1. The summed E-state index contributed by atoms with van der Waals surface area (Å²) in [5.74, 6) is -2.54. The second-order valence-electron chi connectivity index (χ2n) is 12.2. The Balaban J connectivity index is 1.71. The topological polar surface area (TPSA) is 168 Å². The summed E-state index contributed by atoms with van der Waals surface area (Å²) in [6.45, 7) is 9.22. The number of hydrogen-bond donors (Lipinski definition) is 4. The fourth-order valence-corrected chi connectivity index (χ4v) is 5.15. The maximum atomic E-state index is 13.8. The first-order valence-electron chi connectivity index (χ1n) is 13.2. The third-order valence-electron chi connectivity index (χ3n) is 7.86. The van der Waals surface area contributed by atoms with E-state index < -0.39 is 47.7 Å². The van der Waals surface area contributed by atoms with Crippen LogP contribution in [-0.2, 0) is 24.0 Å². The summed E-state index contributed by atoms with van der Waals surface area (Å²) in [4.78, 5) is 76.3. The summed E-state index contributed by atoms with van der Waals surface area (Å²) in [6.07, 6.45) is 3.72. The minimum atomic E-state index is -1.14. The quantitative estimate of drug-likeness (QED) is 0.290. The van der Waals surface area contributed by atoms with Crippen LogP contribution in [0.25, 0.3) is 0 Å². The van der Waals surface area contributed by atoms with Crippen LogP contribution in [-0.4, -0.2) is 71.4 Å². The second kappa shape index (κ2) is 11.2. The molecule has 2 unspecified atom stereocenters. The normalized spacial score (nSPS) is 24.4. The highest BCUT2D eigenvalue weighted by molar-refractivity contribution is 6.36. The van der Waals surface area contributed by atoms with Gasteiger partial charge in [-0.1, -0.05) is 34.6 Å². The van der Waals surface area contributed by atoms with Crippen LogP contribution in [0.4, 0.5) is 4.79 Å². The van der Waals surface area contributed by atoms with E-state index >= 15 is 0 Å². The number of nitrogens with two attached hydrogens (primary N) is 1. The molecule has 0 aromatic rings. The van der Waals surface area contributed by atoms with Crippen LogP contribution in [0.1, 0.15) is 66.7 Å². The molecule has 3 fully saturated rings. The molecule has 0 spiro atoms. The number of rotatable bonds is 11. The van der Waals surface area contributed by atoms with Crippen molar-refractivity contribution in [3.8, 4) is 0 Å². The first kappa shape index (κ1) is 28.6. The highest BCUT2D eigenvalue weighted by Crippen LogP contribution is 2.45. The molecule has 2 aliphatic carbocycles. The number of likely N-dealkylation sites (tertiary alicyclic amines) is 1. The van der Waals surface area contributed by atoms with Gasteiger partial charge in [-0.05, 0) is 48.9 Å². The van der Waals surface area contributed by atoms with E-state index in [0.29, 0.717) is 6.54 Å². The molecular weight excluding hydrogens is 478 g/mol. The number of Topliss-reactive ketones (excluding diaryl/α,β-unsaturated/α-hetero) is 2. The summed E-state index contributed by atoms with van der Waals surface area (Å²) in [5.41, 5.74) is 4.30. The number of hydrogen-bond acceptors (Lipinski definition) is 6. The van der Waals surface area contributed by atoms with E-state index in [2.05, 4.69) is 16.0 Å². The molecule has 3 rings (SSSR count). The van der Waals surface area contributed by atoms with Crippen molar-refractivity contribution >= 4 is 35.3 Å². The van der Waals surface area contributed by atoms with Crippen molar-refractivity contribution in [2.24, 2.45) is 34.8 Å². The van der Waals surface area contributed by atoms with Gasteiger partial charge in [-0.2, -0.15) is 0 Å². The molecule has 5 atom stereocenters. The van der Waals surface area contributed by atoms with Crippen LogP contribution >= 0.6 is 0 Å². The minimum absolute atomic E-state index is 0.0302.